The molecule has 124 valence electrons. The van der Waals surface area contributed by atoms with Crippen molar-refractivity contribution in [1.29, 1.82) is 0 Å². The van der Waals surface area contributed by atoms with Gasteiger partial charge in [0.2, 0.25) is 11.0 Å². The van der Waals surface area contributed by atoms with Gasteiger partial charge in [-0.2, -0.15) is 0 Å². The highest BCUT2D eigenvalue weighted by Gasteiger charge is 2.11. The molecule has 2 N–H and O–H groups in total. The van der Waals surface area contributed by atoms with Crippen LogP contribution in [0.4, 0.5) is 10.9 Å². The summed E-state index contributed by atoms with van der Waals surface area (Å²) in [5.41, 5.74) is 0. The number of thioether (sulfide) groups is 1. The predicted molar refractivity (Wildman–Crippen MR) is 96.8 cm³/mol. The Bertz CT molecular complexity index is 680. The van der Waals surface area contributed by atoms with Gasteiger partial charge in [-0.05, 0) is 12.0 Å². The molecular weight excluding hydrogens is 377 g/mol. The molecule has 2 rings (SSSR count). The second-order valence-corrected chi connectivity index (χ2v) is 8.01. The molecule has 0 saturated carbocycles. The highest BCUT2D eigenvalue weighted by molar-refractivity contribution is 8.01. The zero-order valence-electron chi connectivity index (χ0n) is 12.5. The lowest BCUT2D eigenvalue weighted by atomic mass is 10.2. The van der Waals surface area contributed by atoms with Crippen LogP contribution in [0.3, 0.4) is 0 Å². The van der Waals surface area contributed by atoms with Crippen LogP contribution >= 0.6 is 46.3 Å². The number of carbonyl (C=O) groups excluding carboxylic acids is 1. The van der Waals surface area contributed by atoms with E-state index >= 15 is 0 Å². The number of hydrogen-bond donors (Lipinski definition) is 2. The number of rotatable bonds is 7. The molecule has 0 spiro atoms. The van der Waals surface area contributed by atoms with Gasteiger partial charge >= 0.3 is 0 Å². The molecule has 0 aliphatic rings. The van der Waals surface area contributed by atoms with Gasteiger partial charge in [0.1, 0.15) is 0 Å². The minimum Gasteiger partial charge on any atom is -0.360 e. The average molecular weight is 392 g/mol. The summed E-state index contributed by atoms with van der Waals surface area (Å²) in [6.07, 6.45) is 1.42. The number of nitrogens with zero attached hydrogens (tertiary/aromatic N) is 3. The smallest absolute Gasteiger partial charge is 0.236 e. The first-order valence-electron chi connectivity index (χ1n) is 6.75. The lowest BCUT2D eigenvalue weighted by molar-refractivity contribution is -0.113. The molecule has 0 bridgehead atoms. The fourth-order valence-electron chi connectivity index (χ4n) is 1.43. The molecule has 0 fully saturated rings. The number of anilines is 2. The van der Waals surface area contributed by atoms with Crippen LogP contribution in [-0.4, -0.2) is 33.4 Å². The predicted octanol–water partition coefficient (Wildman–Crippen LogP) is 4.04. The second kappa shape index (κ2) is 8.68. The van der Waals surface area contributed by atoms with Gasteiger partial charge in [0.25, 0.3) is 0 Å². The quantitative estimate of drug-likeness (QED) is 0.693. The van der Waals surface area contributed by atoms with Crippen molar-refractivity contribution in [2.24, 2.45) is 5.92 Å². The van der Waals surface area contributed by atoms with Crippen molar-refractivity contribution in [3.8, 4) is 0 Å². The van der Waals surface area contributed by atoms with Crippen molar-refractivity contribution in [3.05, 3.63) is 22.3 Å². The van der Waals surface area contributed by atoms with Crippen LogP contribution in [0, 0.1) is 5.92 Å². The molecule has 1 amide bonds. The molecule has 0 aliphatic carbocycles. The average Bonchev–Trinajstić information content (AvgIpc) is 2.94. The van der Waals surface area contributed by atoms with Gasteiger partial charge in [0, 0.05) is 12.7 Å². The minimum absolute atomic E-state index is 0.194. The van der Waals surface area contributed by atoms with E-state index in [0.29, 0.717) is 21.8 Å². The molecule has 2 heterocycles. The molecule has 0 radical (unpaired) electrons. The molecule has 0 unspecified atom stereocenters. The Morgan fingerprint density at radius 3 is 2.87 bits per heavy atom. The Balaban J connectivity index is 1.82. The minimum atomic E-state index is -0.224. The fourth-order valence-corrected chi connectivity index (χ4v) is 3.42. The Hall–Kier alpha value is -1.09. The Labute approximate surface area is 152 Å². The fraction of sp³-hybridized carbons (Fsp3) is 0.385. The van der Waals surface area contributed by atoms with E-state index in [-0.39, 0.29) is 11.7 Å². The van der Waals surface area contributed by atoms with Gasteiger partial charge < -0.3 is 10.6 Å². The number of nitrogens with one attached hydrogen (secondary N) is 2. The molecule has 2 aromatic heterocycles. The van der Waals surface area contributed by atoms with Gasteiger partial charge in [0.05, 0.1) is 15.8 Å². The molecule has 10 heteroatoms. The number of hydrogen-bond acceptors (Lipinski definition) is 7. The number of aromatic nitrogens is 3. The summed E-state index contributed by atoms with van der Waals surface area (Å²) in [4.78, 5) is 15.9. The number of pyridine rings is 1. The summed E-state index contributed by atoms with van der Waals surface area (Å²) in [5.74, 6) is 0.786. The largest absolute Gasteiger partial charge is 0.360 e. The highest BCUT2D eigenvalue weighted by atomic mass is 35.5. The van der Waals surface area contributed by atoms with E-state index in [1.807, 2.05) is 0 Å². The molecular formula is C13H15Cl2N5OS2. The van der Waals surface area contributed by atoms with Crippen LogP contribution in [-0.2, 0) is 4.79 Å². The summed E-state index contributed by atoms with van der Waals surface area (Å²) >= 11 is 14.4. The molecule has 6 nitrogen and oxygen atoms in total. The van der Waals surface area contributed by atoms with Crippen LogP contribution in [0.2, 0.25) is 10.0 Å². The van der Waals surface area contributed by atoms with Crippen molar-refractivity contribution >= 4 is 63.2 Å². The van der Waals surface area contributed by atoms with Crippen LogP contribution < -0.4 is 10.6 Å². The third-order valence-electron chi connectivity index (χ3n) is 2.46. The van der Waals surface area contributed by atoms with E-state index in [2.05, 4.69) is 39.7 Å². The third kappa shape index (κ3) is 6.14. The van der Waals surface area contributed by atoms with E-state index < -0.39 is 0 Å². The number of amides is 1. The van der Waals surface area contributed by atoms with Crippen molar-refractivity contribution in [2.45, 2.75) is 18.2 Å². The van der Waals surface area contributed by atoms with Crippen LogP contribution in [0.5, 0.6) is 0 Å². The van der Waals surface area contributed by atoms with E-state index in [1.165, 1.54) is 35.4 Å². The van der Waals surface area contributed by atoms with Crippen molar-refractivity contribution in [3.63, 3.8) is 0 Å². The Morgan fingerprint density at radius 1 is 1.39 bits per heavy atom. The van der Waals surface area contributed by atoms with Crippen LogP contribution in [0.1, 0.15) is 13.8 Å². The zero-order valence-corrected chi connectivity index (χ0v) is 15.6. The first-order chi connectivity index (χ1) is 10.9. The molecule has 0 saturated heterocycles. The molecule has 0 aromatic carbocycles. The molecule has 2 aromatic rings. The highest BCUT2D eigenvalue weighted by Crippen LogP contribution is 2.26. The zero-order chi connectivity index (χ0) is 16.8. The van der Waals surface area contributed by atoms with E-state index in [4.69, 9.17) is 23.2 Å². The SMILES string of the molecule is CC(C)CNc1nnc(SCC(=O)Nc2ncc(Cl)cc2Cl)s1. The van der Waals surface area contributed by atoms with E-state index in [1.54, 1.807) is 0 Å². The summed E-state index contributed by atoms with van der Waals surface area (Å²) in [7, 11) is 0. The molecule has 0 aliphatic heterocycles. The van der Waals surface area contributed by atoms with Crippen LogP contribution in [0.25, 0.3) is 0 Å². The molecule has 0 atom stereocenters. The van der Waals surface area contributed by atoms with Crippen molar-refractivity contribution in [2.75, 3.05) is 22.9 Å². The summed E-state index contributed by atoms with van der Waals surface area (Å²) in [6.45, 7) is 5.06. The topological polar surface area (TPSA) is 79.8 Å². The normalized spacial score (nSPS) is 10.8. The molecule has 23 heavy (non-hydrogen) atoms. The standard InChI is InChI=1S/C13H15Cl2N5OS2/c1-7(2)4-17-12-19-20-13(23-12)22-6-10(21)18-11-9(15)3-8(14)5-16-11/h3,5,7H,4,6H2,1-2H3,(H,17,19)(H,16,18,21). The first-order valence-corrected chi connectivity index (χ1v) is 9.31. The maximum atomic E-state index is 11.9. The Morgan fingerprint density at radius 2 is 2.17 bits per heavy atom. The summed E-state index contributed by atoms with van der Waals surface area (Å²) in [6, 6.07) is 1.52. The van der Waals surface area contributed by atoms with Gasteiger partial charge in [-0.15, -0.1) is 10.2 Å². The van der Waals surface area contributed by atoms with Gasteiger partial charge in [-0.25, -0.2) is 4.98 Å². The van der Waals surface area contributed by atoms with Crippen molar-refractivity contribution in [1.82, 2.24) is 15.2 Å². The first kappa shape index (κ1) is 18.3. The van der Waals surface area contributed by atoms with Gasteiger partial charge in [-0.1, -0.05) is 60.1 Å². The van der Waals surface area contributed by atoms with E-state index in [0.717, 1.165) is 16.0 Å². The summed E-state index contributed by atoms with van der Waals surface area (Å²) in [5, 5.41) is 15.4. The lowest BCUT2D eigenvalue weighted by Gasteiger charge is -2.05. The van der Waals surface area contributed by atoms with Gasteiger partial charge in [-0.3, -0.25) is 4.79 Å². The Kier molecular flexibility index (Phi) is 6.88. The van der Waals surface area contributed by atoms with Crippen molar-refractivity contribution < 1.29 is 4.79 Å². The summed E-state index contributed by atoms with van der Waals surface area (Å²) < 4.78 is 0.724. The second-order valence-electron chi connectivity index (χ2n) is 4.97. The van der Waals surface area contributed by atoms with Gasteiger partial charge in [0.15, 0.2) is 10.2 Å². The lowest BCUT2D eigenvalue weighted by Crippen LogP contribution is -2.15. The van der Waals surface area contributed by atoms with Crippen LogP contribution in [0.15, 0.2) is 16.6 Å². The monoisotopic (exact) mass is 391 g/mol. The van der Waals surface area contributed by atoms with E-state index in [9.17, 15) is 4.79 Å². The number of carbonyl (C=O) groups is 1. The maximum Gasteiger partial charge on any atom is 0.236 e. The third-order valence-corrected chi connectivity index (χ3v) is 4.97. The maximum absolute atomic E-state index is 11.9. The number of halogens is 2.